The van der Waals surface area contributed by atoms with Crippen LogP contribution in [0, 0.1) is 0 Å². The van der Waals surface area contributed by atoms with Crippen LogP contribution >= 0.6 is 0 Å². The summed E-state index contributed by atoms with van der Waals surface area (Å²) < 4.78 is 33.1. The zero-order valence-corrected chi connectivity index (χ0v) is 7.98. The molecular weight excluding hydrogens is 206 g/mol. The first kappa shape index (κ1) is 11.2. The van der Waals surface area contributed by atoms with Gasteiger partial charge in [0.15, 0.2) is 11.5 Å². The molecule has 0 aliphatic carbocycles. The second-order valence-corrected chi connectivity index (χ2v) is 2.57. The van der Waals surface area contributed by atoms with Gasteiger partial charge in [0.2, 0.25) is 0 Å². The number of ether oxygens (including phenoxy) is 2. The SMILES string of the molecule is COc1ccc(/C=N\N)cc1OC(F)F. The molecule has 0 unspecified atom stereocenters. The Morgan fingerprint density at radius 2 is 2.13 bits per heavy atom. The number of hydrogen-bond donors (Lipinski definition) is 1. The second kappa shape index (κ2) is 5.14. The van der Waals surface area contributed by atoms with E-state index in [4.69, 9.17) is 10.6 Å². The Morgan fingerprint density at radius 1 is 1.40 bits per heavy atom. The molecule has 6 heteroatoms. The van der Waals surface area contributed by atoms with E-state index >= 15 is 0 Å². The van der Waals surface area contributed by atoms with E-state index in [0.29, 0.717) is 5.56 Å². The Morgan fingerprint density at radius 3 is 2.67 bits per heavy atom. The lowest BCUT2D eigenvalue weighted by molar-refractivity contribution is -0.0512. The predicted octanol–water partition coefficient (Wildman–Crippen LogP) is 1.59. The molecule has 0 saturated carbocycles. The number of alkyl halides is 2. The standard InChI is InChI=1S/C9H10F2N2O2/c1-14-7-3-2-6(5-13-12)4-8(7)15-9(10)11/h2-5,9H,12H2,1H3/b13-5-. The molecule has 82 valence electrons. The highest BCUT2D eigenvalue weighted by molar-refractivity contribution is 5.80. The van der Waals surface area contributed by atoms with Crippen LogP contribution in [0.25, 0.3) is 0 Å². The van der Waals surface area contributed by atoms with Crippen molar-refractivity contribution in [2.24, 2.45) is 10.9 Å². The van der Waals surface area contributed by atoms with Crippen molar-refractivity contribution in [1.82, 2.24) is 0 Å². The number of hydrazone groups is 1. The molecule has 2 N–H and O–H groups in total. The van der Waals surface area contributed by atoms with E-state index in [0.717, 1.165) is 0 Å². The van der Waals surface area contributed by atoms with Crippen LogP contribution < -0.4 is 15.3 Å². The number of methoxy groups -OCH3 is 1. The van der Waals surface area contributed by atoms with Crippen molar-refractivity contribution in [1.29, 1.82) is 0 Å². The molecule has 0 aromatic heterocycles. The Labute approximate surface area is 85.3 Å². The van der Waals surface area contributed by atoms with Gasteiger partial charge in [-0.15, -0.1) is 0 Å². The summed E-state index contributed by atoms with van der Waals surface area (Å²) in [6.07, 6.45) is 1.32. The molecule has 0 aliphatic heterocycles. The van der Waals surface area contributed by atoms with Crippen LogP contribution in [0.1, 0.15) is 5.56 Å². The summed E-state index contributed by atoms with van der Waals surface area (Å²) >= 11 is 0. The fraction of sp³-hybridized carbons (Fsp3) is 0.222. The largest absolute Gasteiger partial charge is 0.493 e. The summed E-state index contributed by atoms with van der Waals surface area (Å²) in [5.41, 5.74) is 0.550. The van der Waals surface area contributed by atoms with E-state index in [9.17, 15) is 8.78 Å². The number of hydrogen-bond acceptors (Lipinski definition) is 4. The van der Waals surface area contributed by atoms with E-state index in [-0.39, 0.29) is 11.5 Å². The number of benzene rings is 1. The highest BCUT2D eigenvalue weighted by Gasteiger charge is 2.10. The second-order valence-electron chi connectivity index (χ2n) is 2.57. The average molecular weight is 216 g/mol. The van der Waals surface area contributed by atoms with Crippen molar-refractivity contribution in [2.75, 3.05) is 7.11 Å². The summed E-state index contributed by atoms with van der Waals surface area (Å²) in [5, 5.41) is 3.27. The summed E-state index contributed by atoms with van der Waals surface area (Å²) in [7, 11) is 1.37. The zero-order valence-electron chi connectivity index (χ0n) is 7.98. The van der Waals surface area contributed by atoms with Gasteiger partial charge in [-0.25, -0.2) is 0 Å². The maximum atomic E-state index is 12.0. The average Bonchev–Trinajstić information content (AvgIpc) is 2.18. The van der Waals surface area contributed by atoms with Gasteiger partial charge in [-0.05, 0) is 23.8 Å². The number of rotatable bonds is 4. The normalized spacial score (nSPS) is 10.9. The van der Waals surface area contributed by atoms with Gasteiger partial charge in [0, 0.05) is 0 Å². The van der Waals surface area contributed by atoms with Crippen molar-refractivity contribution in [3.05, 3.63) is 23.8 Å². The predicted molar refractivity (Wildman–Crippen MR) is 51.4 cm³/mol. The van der Waals surface area contributed by atoms with Crippen LogP contribution in [-0.2, 0) is 0 Å². The summed E-state index contributed by atoms with van der Waals surface area (Å²) in [4.78, 5) is 0. The lowest BCUT2D eigenvalue weighted by atomic mass is 10.2. The Bertz CT molecular complexity index is 356. The topological polar surface area (TPSA) is 56.8 Å². The summed E-state index contributed by atoms with van der Waals surface area (Å²) in [6.45, 7) is -2.90. The molecule has 1 aromatic rings. The van der Waals surface area contributed by atoms with Gasteiger partial charge >= 0.3 is 6.61 Å². The van der Waals surface area contributed by atoms with Crippen LogP contribution in [0.5, 0.6) is 11.5 Å². The first-order valence-corrected chi connectivity index (χ1v) is 4.03. The van der Waals surface area contributed by atoms with Crippen LogP contribution in [0.4, 0.5) is 8.78 Å². The lowest BCUT2D eigenvalue weighted by Gasteiger charge is -2.09. The van der Waals surface area contributed by atoms with Gasteiger partial charge in [0.05, 0.1) is 13.3 Å². The summed E-state index contributed by atoms with van der Waals surface area (Å²) in [5.74, 6) is 5.11. The number of nitrogens with zero attached hydrogens (tertiary/aromatic N) is 1. The van der Waals surface area contributed by atoms with E-state index in [2.05, 4.69) is 9.84 Å². The molecule has 0 radical (unpaired) electrons. The van der Waals surface area contributed by atoms with Crippen molar-refractivity contribution in [3.63, 3.8) is 0 Å². The minimum absolute atomic E-state index is 0.0510. The van der Waals surface area contributed by atoms with E-state index in [1.165, 1.54) is 25.5 Å². The minimum atomic E-state index is -2.90. The molecule has 4 nitrogen and oxygen atoms in total. The minimum Gasteiger partial charge on any atom is -0.493 e. The Kier molecular flexibility index (Phi) is 3.84. The molecule has 0 fully saturated rings. The van der Waals surface area contributed by atoms with Crippen LogP contribution in [0.3, 0.4) is 0 Å². The van der Waals surface area contributed by atoms with Crippen LogP contribution in [0.15, 0.2) is 23.3 Å². The molecule has 0 spiro atoms. The van der Waals surface area contributed by atoms with Gasteiger partial charge < -0.3 is 15.3 Å². The molecule has 15 heavy (non-hydrogen) atoms. The first-order chi connectivity index (χ1) is 7.17. The van der Waals surface area contributed by atoms with Crippen LogP contribution in [0.2, 0.25) is 0 Å². The summed E-state index contributed by atoms with van der Waals surface area (Å²) in [6, 6.07) is 4.48. The monoisotopic (exact) mass is 216 g/mol. The molecule has 0 atom stereocenters. The Hall–Kier alpha value is -1.85. The molecule has 0 saturated heterocycles. The highest BCUT2D eigenvalue weighted by Crippen LogP contribution is 2.28. The third-order valence-electron chi connectivity index (χ3n) is 1.63. The van der Waals surface area contributed by atoms with Gasteiger partial charge in [0.1, 0.15) is 0 Å². The lowest BCUT2D eigenvalue weighted by Crippen LogP contribution is -2.04. The fourth-order valence-electron chi connectivity index (χ4n) is 1.05. The molecule has 1 rings (SSSR count). The third-order valence-corrected chi connectivity index (χ3v) is 1.63. The van der Waals surface area contributed by atoms with E-state index in [1.54, 1.807) is 6.07 Å². The van der Waals surface area contributed by atoms with E-state index < -0.39 is 6.61 Å². The van der Waals surface area contributed by atoms with Gasteiger partial charge in [-0.2, -0.15) is 13.9 Å². The molecule has 1 aromatic carbocycles. The first-order valence-electron chi connectivity index (χ1n) is 4.03. The molecule has 0 heterocycles. The fourth-order valence-corrected chi connectivity index (χ4v) is 1.05. The third kappa shape index (κ3) is 3.08. The zero-order chi connectivity index (χ0) is 11.3. The Balaban J connectivity index is 3.01. The van der Waals surface area contributed by atoms with Gasteiger partial charge in [0.25, 0.3) is 0 Å². The van der Waals surface area contributed by atoms with Crippen molar-refractivity contribution in [2.45, 2.75) is 6.61 Å². The molecule has 0 aliphatic rings. The van der Waals surface area contributed by atoms with Gasteiger partial charge in [-0.3, -0.25) is 0 Å². The van der Waals surface area contributed by atoms with Crippen LogP contribution in [-0.4, -0.2) is 19.9 Å². The smallest absolute Gasteiger partial charge is 0.387 e. The van der Waals surface area contributed by atoms with Crippen molar-refractivity contribution < 1.29 is 18.3 Å². The molecule has 0 amide bonds. The maximum Gasteiger partial charge on any atom is 0.387 e. The van der Waals surface area contributed by atoms with Crippen molar-refractivity contribution >= 4 is 6.21 Å². The quantitative estimate of drug-likeness (QED) is 0.472. The van der Waals surface area contributed by atoms with E-state index in [1.807, 2.05) is 0 Å². The highest BCUT2D eigenvalue weighted by atomic mass is 19.3. The van der Waals surface area contributed by atoms with Gasteiger partial charge in [-0.1, -0.05) is 0 Å². The number of nitrogens with two attached hydrogens (primary N) is 1. The maximum absolute atomic E-state index is 12.0. The number of halogens is 2. The molecular formula is C9H10F2N2O2. The molecule has 0 bridgehead atoms. The van der Waals surface area contributed by atoms with Crippen molar-refractivity contribution in [3.8, 4) is 11.5 Å².